The maximum Gasteiger partial charge on any atom is 0.264 e. The number of sulfonamides is 1. The van der Waals surface area contributed by atoms with Crippen molar-refractivity contribution in [3.8, 4) is 5.75 Å². The van der Waals surface area contributed by atoms with Gasteiger partial charge in [-0.3, -0.25) is 13.9 Å². The summed E-state index contributed by atoms with van der Waals surface area (Å²) in [6, 6.07) is 28.6. The molecule has 0 aliphatic rings. The Kier molecular flexibility index (Phi) is 11.6. The molecule has 1 N–H and O–H groups in total. The highest BCUT2D eigenvalue weighted by molar-refractivity contribution is 7.92. The van der Waals surface area contributed by atoms with E-state index in [1.54, 1.807) is 60.7 Å². The molecule has 8 nitrogen and oxygen atoms in total. The Bertz CT molecular complexity index is 1680. The molecule has 1 unspecified atom stereocenters. The zero-order chi connectivity index (χ0) is 32.4. The van der Waals surface area contributed by atoms with Crippen LogP contribution in [-0.4, -0.2) is 51.4 Å². The molecule has 0 heterocycles. The zero-order valence-electron chi connectivity index (χ0n) is 25.6. The van der Waals surface area contributed by atoms with Gasteiger partial charge in [0.05, 0.1) is 17.7 Å². The molecule has 10 heteroatoms. The molecule has 0 saturated heterocycles. The van der Waals surface area contributed by atoms with E-state index in [1.165, 1.54) is 24.1 Å². The summed E-state index contributed by atoms with van der Waals surface area (Å²) in [4.78, 5) is 29.8. The van der Waals surface area contributed by atoms with Crippen LogP contribution in [0.4, 0.5) is 5.69 Å². The summed E-state index contributed by atoms with van der Waals surface area (Å²) in [5, 5.41) is 3.48. The third-order valence-corrected chi connectivity index (χ3v) is 9.33. The van der Waals surface area contributed by atoms with Crippen molar-refractivity contribution in [3.05, 3.63) is 125 Å². The van der Waals surface area contributed by atoms with Gasteiger partial charge in [-0.2, -0.15) is 0 Å². The number of hydrogen-bond acceptors (Lipinski definition) is 5. The topological polar surface area (TPSA) is 96.0 Å². The number of amides is 2. The van der Waals surface area contributed by atoms with Crippen molar-refractivity contribution in [2.45, 2.75) is 44.2 Å². The molecular formula is C35H38ClN3O5S. The summed E-state index contributed by atoms with van der Waals surface area (Å²) in [5.74, 6) is -0.590. The third-order valence-electron chi connectivity index (χ3n) is 7.30. The van der Waals surface area contributed by atoms with E-state index >= 15 is 0 Å². The van der Waals surface area contributed by atoms with Crippen LogP contribution in [0.2, 0.25) is 5.02 Å². The lowest BCUT2D eigenvalue weighted by molar-refractivity contribution is -0.140. The Labute approximate surface area is 270 Å². The molecule has 0 bridgehead atoms. The number of rotatable bonds is 14. The predicted octanol–water partition coefficient (Wildman–Crippen LogP) is 6.02. The van der Waals surface area contributed by atoms with Crippen molar-refractivity contribution in [2.24, 2.45) is 0 Å². The number of nitrogens with one attached hydrogen (secondary N) is 1. The molecule has 4 aromatic rings. The molecule has 0 aliphatic carbocycles. The quantitative estimate of drug-likeness (QED) is 0.181. The highest BCUT2D eigenvalue weighted by atomic mass is 35.5. The summed E-state index contributed by atoms with van der Waals surface area (Å²) in [7, 11) is -2.79. The van der Waals surface area contributed by atoms with Crippen LogP contribution in [0.3, 0.4) is 0 Å². The van der Waals surface area contributed by atoms with Gasteiger partial charge in [-0.1, -0.05) is 85.3 Å². The average molecular weight is 648 g/mol. The second-order valence-electron chi connectivity index (χ2n) is 10.6. The molecule has 236 valence electrons. The van der Waals surface area contributed by atoms with Crippen molar-refractivity contribution in [3.63, 3.8) is 0 Å². The number of aryl methyl sites for hydroxylation is 1. The molecule has 1 atom stereocenters. The van der Waals surface area contributed by atoms with Crippen molar-refractivity contribution in [1.29, 1.82) is 0 Å². The van der Waals surface area contributed by atoms with Crippen LogP contribution < -0.4 is 14.4 Å². The fourth-order valence-corrected chi connectivity index (χ4v) is 6.50. The standard InChI is InChI=1S/C35H38ClN3O5S/c1-4-21-37-35(41)32(23-27-11-7-5-8-12-27)38(24-28-16-18-29(36)19-17-28)34(40)25-39(31-22-26(2)15-20-33(31)44-3)45(42,43)30-13-9-6-10-14-30/h5-20,22,32H,4,21,23-25H2,1-3H3,(H,37,41). The summed E-state index contributed by atoms with van der Waals surface area (Å²) < 4.78 is 35.0. The molecule has 0 aromatic heterocycles. The van der Waals surface area contributed by atoms with Crippen LogP contribution in [0, 0.1) is 6.92 Å². The molecule has 0 saturated carbocycles. The van der Waals surface area contributed by atoms with E-state index in [0.29, 0.717) is 23.7 Å². The van der Waals surface area contributed by atoms with Gasteiger partial charge in [-0.15, -0.1) is 0 Å². The van der Waals surface area contributed by atoms with Crippen molar-refractivity contribution in [1.82, 2.24) is 10.2 Å². The van der Waals surface area contributed by atoms with Crippen LogP contribution in [-0.2, 0) is 32.6 Å². The third kappa shape index (κ3) is 8.65. The van der Waals surface area contributed by atoms with E-state index in [2.05, 4.69) is 5.32 Å². The number of ether oxygens (including phenoxy) is 1. The van der Waals surface area contributed by atoms with Crippen molar-refractivity contribution in [2.75, 3.05) is 24.5 Å². The highest BCUT2D eigenvalue weighted by Gasteiger charge is 2.35. The molecule has 2 amide bonds. The maximum absolute atomic E-state index is 14.5. The number of benzene rings is 4. The van der Waals surface area contributed by atoms with Gasteiger partial charge in [-0.05, 0) is 66.4 Å². The van der Waals surface area contributed by atoms with Crippen LogP contribution in [0.15, 0.2) is 108 Å². The minimum absolute atomic E-state index is 0.0205. The van der Waals surface area contributed by atoms with Gasteiger partial charge in [-0.25, -0.2) is 8.42 Å². The summed E-state index contributed by atoms with van der Waals surface area (Å²) in [6.07, 6.45) is 0.945. The van der Waals surface area contributed by atoms with E-state index in [1.807, 2.05) is 44.2 Å². The number of methoxy groups -OCH3 is 1. The first-order valence-corrected chi connectivity index (χ1v) is 16.5. The van der Waals surface area contributed by atoms with Gasteiger partial charge in [0, 0.05) is 24.5 Å². The van der Waals surface area contributed by atoms with Gasteiger partial charge in [0.2, 0.25) is 11.8 Å². The van der Waals surface area contributed by atoms with Crippen LogP contribution in [0.5, 0.6) is 5.75 Å². The van der Waals surface area contributed by atoms with Crippen LogP contribution in [0.1, 0.15) is 30.0 Å². The first kappa shape index (κ1) is 33.6. The first-order valence-electron chi connectivity index (χ1n) is 14.7. The van der Waals surface area contributed by atoms with Gasteiger partial charge >= 0.3 is 0 Å². The van der Waals surface area contributed by atoms with E-state index in [0.717, 1.165) is 21.0 Å². The van der Waals surface area contributed by atoms with E-state index in [9.17, 15) is 18.0 Å². The number of anilines is 1. The minimum Gasteiger partial charge on any atom is -0.495 e. The molecule has 4 rings (SSSR count). The smallest absolute Gasteiger partial charge is 0.264 e. The molecule has 0 radical (unpaired) electrons. The monoisotopic (exact) mass is 647 g/mol. The fraction of sp³-hybridized carbons (Fsp3) is 0.257. The Balaban J connectivity index is 1.83. The van der Waals surface area contributed by atoms with Gasteiger partial charge in [0.25, 0.3) is 10.0 Å². The number of nitrogens with zero attached hydrogens (tertiary/aromatic N) is 2. The average Bonchev–Trinajstić information content (AvgIpc) is 3.05. The SMILES string of the molecule is CCCNC(=O)C(Cc1ccccc1)N(Cc1ccc(Cl)cc1)C(=O)CN(c1cc(C)ccc1OC)S(=O)(=O)c1ccccc1. The van der Waals surface area contributed by atoms with Crippen LogP contribution in [0.25, 0.3) is 0 Å². The summed E-state index contributed by atoms with van der Waals surface area (Å²) in [5.41, 5.74) is 2.60. The van der Waals surface area contributed by atoms with Crippen molar-refractivity contribution >= 4 is 39.1 Å². The Morgan fingerprint density at radius 2 is 1.53 bits per heavy atom. The molecule has 0 aliphatic heterocycles. The van der Waals surface area contributed by atoms with Crippen LogP contribution >= 0.6 is 11.6 Å². The minimum atomic E-state index is -4.24. The second kappa shape index (κ2) is 15.6. The lowest BCUT2D eigenvalue weighted by atomic mass is 10.0. The summed E-state index contributed by atoms with van der Waals surface area (Å²) in [6.45, 7) is 3.69. The van der Waals surface area contributed by atoms with Gasteiger partial charge in [0.15, 0.2) is 0 Å². The largest absolute Gasteiger partial charge is 0.495 e. The Morgan fingerprint density at radius 3 is 2.16 bits per heavy atom. The Morgan fingerprint density at radius 1 is 0.889 bits per heavy atom. The number of carbonyl (C=O) groups is 2. The second-order valence-corrected chi connectivity index (χ2v) is 12.9. The molecular weight excluding hydrogens is 610 g/mol. The van der Waals surface area contributed by atoms with E-state index in [-0.39, 0.29) is 29.5 Å². The highest BCUT2D eigenvalue weighted by Crippen LogP contribution is 2.34. The molecule has 0 spiro atoms. The molecule has 4 aromatic carbocycles. The normalized spacial score (nSPS) is 11.8. The lowest BCUT2D eigenvalue weighted by Crippen LogP contribution is -2.53. The molecule has 45 heavy (non-hydrogen) atoms. The summed E-state index contributed by atoms with van der Waals surface area (Å²) >= 11 is 6.14. The first-order chi connectivity index (χ1) is 21.6. The maximum atomic E-state index is 14.5. The van der Waals surface area contributed by atoms with E-state index in [4.69, 9.17) is 16.3 Å². The lowest BCUT2D eigenvalue weighted by Gasteiger charge is -2.34. The van der Waals surface area contributed by atoms with E-state index < -0.39 is 28.5 Å². The fourth-order valence-electron chi connectivity index (χ4n) is 4.93. The number of halogens is 1. The van der Waals surface area contributed by atoms with Gasteiger partial charge < -0.3 is 15.0 Å². The zero-order valence-corrected chi connectivity index (χ0v) is 27.2. The Hall–Kier alpha value is -4.34. The predicted molar refractivity (Wildman–Crippen MR) is 178 cm³/mol. The van der Waals surface area contributed by atoms with Gasteiger partial charge in [0.1, 0.15) is 18.3 Å². The van der Waals surface area contributed by atoms with Crippen molar-refractivity contribution < 1.29 is 22.7 Å². The number of hydrogen-bond donors (Lipinski definition) is 1. The molecule has 0 fully saturated rings. The number of carbonyl (C=O) groups excluding carboxylic acids is 2.